The Morgan fingerprint density at radius 1 is 1.10 bits per heavy atom. The van der Waals surface area contributed by atoms with Crippen molar-refractivity contribution in [3.05, 3.63) is 59.2 Å². The average molecular weight is 412 g/mol. The van der Waals surface area contributed by atoms with Crippen LogP contribution in [0.5, 0.6) is 5.75 Å². The maximum atomic E-state index is 11.4. The van der Waals surface area contributed by atoms with Crippen LogP contribution in [0.2, 0.25) is 0 Å². The molecule has 0 bridgehead atoms. The Balaban J connectivity index is 2.32. The van der Waals surface area contributed by atoms with Crippen molar-refractivity contribution < 1.29 is 19.1 Å². The summed E-state index contributed by atoms with van der Waals surface area (Å²) < 4.78 is 10.8. The summed E-state index contributed by atoms with van der Waals surface area (Å²) in [6.07, 6.45) is 0. The van der Waals surface area contributed by atoms with Crippen LogP contribution in [0, 0.1) is 5.41 Å². The Labute approximate surface area is 176 Å². The summed E-state index contributed by atoms with van der Waals surface area (Å²) in [6, 6.07) is 12.4. The van der Waals surface area contributed by atoms with E-state index in [1.807, 2.05) is 38.1 Å². The smallest absolute Gasteiger partial charge is 0.302 e. The van der Waals surface area contributed by atoms with Crippen molar-refractivity contribution in [2.75, 3.05) is 18.5 Å². The third-order valence-electron chi connectivity index (χ3n) is 4.42. The van der Waals surface area contributed by atoms with E-state index in [2.05, 4.69) is 5.32 Å². The third-order valence-corrected chi connectivity index (χ3v) is 4.42. The molecule has 0 saturated carbocycles. The lowest BCUT2D eigenvalue weighted by atomic mass is 9.96. The number of carbonyl (C=O) groups excluding carboxylic acids is 2. The van der Waals surface area contributed by atoms with Crippen LogP contribution in [0.25, 0.3) is 0 Å². The molecule has 2 aromatic carbocycles. The number of ether oxygens (including phenoxy) is 2. The van der Waals surface area contributed by atoms with Crippen LogP contribution in [0.3, 0.4) is 0 Å². The van der Waals surface area contributed by atoms with Gasteiger partial charge in [0.25, 0.3) is 5.91 Å². The number of carbonyl (C=O) groups is 2. The van der Waals surface area contributed by atoms with E-state index in [4.69, 9.17) is 26.4 Å². The largest absolute Gasteiger partial charge is 0.483 e. The molecule has 0 fully saturated rings. The van der Waals surface area contributed by atoms with E-state index < -0.39 is 5.91 Å². The predicted molar refractivity (Wildman–Crippen MR) is 116 cm³/mol. The van der Waals surface area contributed by atoms with Gasteiger partial charge in [0.1, 0.15) is 18.2 Å². The monoisotopic (exact) mass is 412 g/mol. The molecule has 0 aliphatic heterocycles. The summed E-state index contributed by atoms with van der Waals surface area (Å²) in [4.78, 5) is 22.4. The van der Waals surface area contributed by atoms with E-state index in [-0.39, 0.29) is 37.0 Å². The normalized spacial score (nSPS) is 11.6. The van der Waals surface area contributed by atoms with Crippen molar-refractivity contribution in [3.63, 3.8) is 0 Å². The van der Waals surface area contributed by atoms with E-state index >= 15 is 0 Å². The van der Waals surface area contributed by atoms with Crippen molar-refractivity contribution >= 4 is 23.4 Å². The highest BCUT2D eigenvalue weighted by atomic mass is 16.5. The molecule has 1 atom stereocenters. The van der Waals surface area contributed by atoms with Crippen LogP contribution < -0.4 is 21.5 Å². The first kappa shape index (κ1) is 22.7. The number of nitrogen functional groups attached to an aromatic ring is 1. The Hall–Kier alpha value is -3.55. The highest BCUT2D eigenvalue weighted by Gasteiger charge is 2.18. The van der Waals surface area contributed by atoms with Crippen LogP contribution in [0.1, 0.15) is 49.4 Å². The molecule has 2 aromatic rings. The van der Waals surface area contributed by atoms with Gasteiger partial charge >= 0.3 is 5.97 Å². The fourth-order valence-corrected chi connectivity index (χ4v) is 2.88. The molecule has 0 radical (unpaired) electrons. The number of anilines is 1. The molecule has 30 heavy (non-hydrogen) atoms. The van der Waals surface area contributed by atoms with Crippen LogP contribution >= 0.6 is 0 Å². The summed E-state index contributed by atoms with van der Waals surface area (Å²) in [5, 5.41) is 10.8. The van der Waals surface area contributed by atoms with E-state index in [9.17, 15) is 9.59 Å². The molecule has 8 heteroatoms. The molecule has 0 aliphatic carbocycles. The van der Waals surface area contributed by atoms with Gasteiger partial charge in [-0.1, -0.05) is 19.9 Å². The first-order chi connectivity index (χ1) is 14.2. The van der Waals surface area contributed by atoms with Gasteiger partial charge in [0.2, 0.25) is 0 Å². The lowest BCUT2D eigenvalue weighted by Crippen LogP contribution is -2.21. The maximum Gasteiger partial charge on any atom is 0.302 e. The molecule has 0 heterocycles. The maximum absolute atomic E-state index is 11.4. The summed E-state index contributed by atoms with van der Waals surface area (Å²) in [6.45, 7) is 5.33. The zero-order valence-electron chi connectivity index (χ0n) is 17.4. The van der Waals surface area contributed by atoms with Gasteiger partial charge in [-0.05, 0) is 53.4 Å². The minimum absolute atomic E-state index is 0.00821. The summed E-state index contributed by atoms with van der Waals surface area (Å²) >= 11 is 0. The number of esters is 1. The fourth-order valence-electron chi connectivity index (χ4n) is 2.88. The zero-order valence-corrected chi connectivity index (χ0v) is 17.4. The zero-order chi connectivity index (χ0) is 22.3. The summed E-state index contributed by atoms with van der Waals surface area (Å²) in [5.41, 5.74) is 13.9. The van der Waals surface area contributed by atoms with E-state index in [1.54, 1.807) is 18.2 Å². The first-order valence-electron chi connectivity index (χ1n) is 9.56. The Morgan fingerprint density at radius 3 is 2.30 bits per heavy atom. The van der Waals surface area contributed by atoms with Crippen LogP contribution in [-0.2, 0) is 14.3 Å². The van der Waals surface area contributed by atoms with E-state index in [1.165, 1.54) is 6.92 Å². The lowest BCUT2D eigenvalue weighted by molar-refractivity contribution is -0.141. The topological polar surface area (TPSA) is 141 Å². The number of benzene rings is 2. The molecule has 0 spiro atoms. The Bertz CT molecular complexity index is 910. The number of nitrogens with two attached hydrogens (primary N) is 2. The third kappa shape index (κ3) is 6.51. The molecule has 0 aromatic heterocycles. The summed E-state index contributed by atoms with van der Waals surface area (Å²) in [7, 11) is 0. The first-order valence-corrected chi connectivity index (χ1v) is 9.56. The number of amidine groups is 1. The van der Waals surface area contributed by atoms with Gasteiger partial charge in [-0.25, -0.2) is 0 Å². The minimum Gasteiger partial charge on any atom is -0.483 e. The van der Waals surface area contributed by atoms with Crippen molar-refractivity contribution in [3.8, 4) is 5.75 Å². The van der Waals surface area contributed by atoms with Gasteiger partial charge in [-0.2, -0.15) is 0 Å². The number of primary amides is 1. The number of rotatable bonds is 10. The number of hydrogen-bond acceptors (Lipinski definition) is 6. The van der Waals surface area contributed by atoms with Crippen molar-refractivity contribution in [2.45, 2.75) is 32.7 Å². The molecular formula is C22H28N4O4. The number of nitrogens with one attached hydrogen (secondary N) is 2. The molecule has 6 N–H and O–H groups in total. The molecule has 0 aliphatic rings. The van der Waals surface area contributed by atoms with Gasteiger partial charge in [-0.3, -0.25) is 15.0 Å². The second kappa shape index (κ2) is 10.3. The van der Waals surface area contributed by atoms with Gasteiger partial charge in [0, 0.05) is 18.2 Å². The minimum atomic E-state index is -0.544. The predicted octanol–water partition coefficient (Wildman–Crippen LogP) is 2.67. The molecule has 0 saturated heterocycles. The highest BCUT2D eigenvalue weighted by molar-refractivity contribution is 5.95. The van der Waals surface area contributed by atoms with Gasteiger partial charge in [0.05, 0.1) is 6.04 Å². The molecule has 8 nitrogen and oxygen atoms in total. The SMILES string of the molecule is CC(=O)OCC(Nc1ccc(C(=N)N)cc1)c1ccc(OCC(N)=O)c(C(C)C)c1. The van der Waals surface area contributed by atoms with E-state index in [0.717, 1.165) is 16.8 Å². The van der Waals surface area contributed by atoms with Crippen LogP contribution in [0.4, 0.5) is 5.69 Å². The van der Waals surface area contributed by atoms with Crippen LogP contribution in [0.15, 0.2) is 42.5 Å². The van der Waals surface area contributed by atoms with Gasteiger partial charge in [-0.15, -0.1) is 0 Å². The lowest BCUT2D eigenvalue weighted by Gasteiger charge is -2.23. The van der Waals surface area contributed by atoms with Crippen LogP contribution in [-0.4, -0.2) is 30.9 Å². The summed E-state index contributed by atoms with van der Waals surface area (Å²) in [5.74, 6) is -0.204. The van der Waals surface area contributed by atoms with Gasteiger partial charge < -0.3 is 26.3 Å². The Kier molecular flexibility index (Phi) is 7.80. The second-order valence-electron chi connectivity index (χ2n) is 7.20. The van der Waals surface area contributed by atoms with Gasteiger partial charge in [0.15, 0.2) is 6.61 Å². The highest BCUT2D eigenvalue weighted by Crippen LogP contribution is 2.31. The molecule has 1 amide bonds. The second-order valence-corrected chi connectivity index (χ2v) is 7.20. The van der Waals surface area contributed by atoms with Crippen molar-refractivity contribution in [1.82, 2.24) is 0 Å². The van der Waals surface area contributed by atoms with Crippen molar-refractivity contribution in [1.29, 1.82) is 5.41 Å². The average Bonchev–Trinajstić information content (AvgIpc) is 2.69. The quantitative estimate of drug-likeness (QED) is 0.269. The number of amides is 1. The molecule has 160 valence electrons. The fraction of sp³-hybridized carbons (Fsp3) is 0.318. The van der Waals surface area contributed by atoms with Crippen molar-refractivity contribution in [2.24, 2.45) is 11.5 Å². The Morgan fingerprint density at radius 2 is 1.77 bits per heavy atom. The number of hydrogen-bond donors (Lipinski definition) is 4. The molecule has 2 rings (SSSR count). The van der Waals surface area contributed by atoms with E-state index in [0.29, 0.717) is 11.3 Å². The standard InChI is InChI=1S/C22H28N4O4/c1-13(2)18-10-16(6-9-20(18)30-12-21(23)28)19(11-29-14(3)27)26-17-7-4-15(5-8-17)22(24)25/h4-10,13,19,26H,11-12H2,1-3H3,(H2,23,28)(H3,24,25). The molecule has 1 unspecified atom stereocenters. The molecular weight excluding hydrogens is 384 g/mol.